The zero-order chi connectivity index (χ0) is 16.7. The highest BCUT2D eigenvalue weighted by Crippen LogP contribution is 2.33. The van der Waals surface area contributed by atoms with Crippen LogP contribution < -0.4 is 0 Å². The molecule has 3 fully saturated rings. The number of hydrogen-bond acceptors (Lipinski definition) is 5. The number of aryl methyl sites for hydroxylation is 2. The average Bonchev–Trinajstić information content (AvgIpc) is 3.34. The normalized spacial score (nSPS) is 28.5. The molecule has 6 nitrogen and oxygen atoms in total. The van der Waals surface area contributed by atoms with E-state index in [2.05, 4.69) is 10.1 Å². The maximum atomic E-state index is 12.9. The highest BCUT2D eigenvalue weighted by atomic mass is 16.5. The number of fused-ring (bicyclic) bond motifs is 1. The third-order valence-electron chi connectivity index (χ3n) is 5.71. The number of amides is 1. The molecule has 2 atom stereocenters. The molecule has 0 unspecified atom stereocenters. The summed E-state index contributed by atoms with van der Waals surface area (Å²) in [5.41, 5.74) is 1.32. The molecular weight excluding hydrogens is 306 g/mol. The molecule has 3 heterocycles. The van der Waals surface area contributed by atoms with Crippen molar-refractivity contribution in [2.45, 2.75) is 51.7 Å². The number of carbonyl (C=O) groups is 1. The van der Waals surface area contributed by atoms with Crippen LogP contribution in [-0.4, -0.2) is 65.8 Å². The van der Waals surface area contributed by atoms with Crippen LogP contribution in [0.15, 0.2) is 4.52 Å². The van der Waals surface area contributed by atoms with Gasteiger partial charge in [0.15, 0.2) is 0 Å². The van der Waals surface area contributed by atoms with Crippen molar-refractivity contribution in [1.82, 2.24) is 15.0 Å². The van der Waals surface area contributed by atoms with Gasteiger partial charge in [0.05, 0.1) is 18.4 Å². The minimum absolute atomic E-state index is 0.0543. The summed E-state index contributed by atoms with van der Waals surface area (Å²) in [6, 6.07) is 0.460. The van der Waals surface area contributed by atoms with Gasteiger partial charge in [0.25, 0.3) is 5.91 Å². The van der Waals surface area contributed by atoms with Crippen molar-refractivity contribution >= 4 is 5.91 Å². The average molecular weight is 333 g/mol. The molecule has 0 bridgehead atoms. The van der Waals surface area contributed by atoms with Crippen molar-refractivity contribution in [3.63, 3.8) is 0 Å². The van der Waals surface area contributed by atoms with E-state index in [0.29, 0.717) is 23.1 Å². The molecule has 0 N–H and O–H groups in total. The Kier molecular flexibility index (Phi) is 4.35. The van der Waals surface area contributed by atoms with Crippen molar-refractivity contribution in [2.24, 2.45) is 5.92 Å². The van der Waals surface area contributed by atoms with Crippen LogP contribution in [0.1, 0.15) is 47.5 Å². The van der Waals surface area contributed by atoms with E-state index in [4.69, 9.17) is 9.26 Å². The predicted molar refractivity (Wildman–Crippen MR) is 88.9 cm³/mol. The lowest BCUT2D eigenvalue weighted by Crippen LogP contribution is -2.51. The molecule has 3 aliphatic rings. The zero-order valence-corrected chi connectivity index (χ0v) is 14.7. The maximum Gasteiger partial charge on any atom is 0.259 e. The Morgan fingerprint density at radius 2 is 1.96 bits per heavy atom. The van der Waals surface area contributed by atoms with Gasteiger partial charge in [-0.05, 0) is 45.4 Å². The van der Waals surface area contributed by atoms with Crippen LogP contribution >= 0.6 is 0 Å². The van der Waals surface area contributed by atoms with Crippen LogP contribution in [-0.2, 0) is 4.74 Å². The van der Waals surface area contributed by atoms with Crippen molar-refractivity contribution in [1.29, 1.82) is 0 Å². The maximum absolute atomic E-state index is 12.9. The van der Waals surface area contributed by atoms with Crippen molar-refractivity contribution in [2.75, 3.05) is 32.8 Å². The topological polar surface area (TPSA) is 58.8 Å². The lowest BCUT2D eigenvalue weighted by molar-refractivity contribution is -0.0727. The second-order valence-corrected chi connectivity index (χ2v) is 7.48. The van der Waals surface area contributed by atoms with Crippen molar-refractivity contribution in [3.8, 4) is 0 Å². The summed E-state index contributed by atoms with van der Waals surface area (Å²) in [7, 11) is 0. The first-order valence-electron chi connectivity index (χ1n) is 9.21. The monoisotopic (exact) mass is 333 g/mol. The fourth-order valence-corrected chi connectivity index (χ4v) is 4.17. The number of ether oxygens (including phenoxy) is 1. The molecule has 1 aliphatic carbocycles. The molecule has 4 rings (SSSR count). The number of hydrogen-bond donors (Lipinski definition) is 0. The molecule has 1 saturated carbocycles. The summed E-state index contributed by atoms with van der Waals surface area (Å²) in [5.74, 6) is 1.57. The largest absolute Gasteiger partial charge is 0.375 e. The molecule has 0 spiro atoms. The Bertz CT molecular complexity index is 591. The first-order chi connectivity index (χ1) is 11.6. The van der Waals surface area contributed by atoms with Gasteiger partial charge in [-0.25, -0.2) is 0 Å². The van der Waals surface area contributed by atoms with Gasteiger partial charge in [0.1, 0.15) is 11.3 Å². The number of aromatic nitrogens is 1. The smallest absolute Gasteiger partial charge is 0.259 e. The fraction of sp³-hybridized carbons (Fsp3) is 0.778. The van der Waals surface area contributed by atoms with E-state index in [0.717, 1.165) is 45.0 Å². The van der Waals surface area contributed by atoms with Gasteiger partial charge in [0.2, 0.25) is 0 Å². The molecule has 24 heavy (non-hydrogen) atoms. The Balaban J connectivity index is 1.46. The lowest BCUT2D eigenvalue weighted by atomic mass is 10.0. The lowest BCUT2D eigenvalue weighted by Gasteiger charge is -2.40. The molecule has 0 aromatic carbocycles. The molecule has 6 heteroatoms. The van der Waals surface area contributed by atoms with Crippen molar-refractivity contribution in [3.05, 3.63) is 17.0 Å². The van der Waals surface area contributed by atoms with Gasteiger partial charge in [-0.1, -0.05) is 5.16 Å². The Morgan fingerprint density at radius 1 is 1.17 bits per heavy atom. The van der Waals surface area contributed by atoms with Crippen LogP contribution in [0.3, 0.4) is 0 Å². The number of rotatable bonds is 3. The SMILES string of the molecule is Cc1noc(C)c1C(=O)N1CC[C@@H]2[C@@H](CC1)OCCN2CC1CC1. The predicted octanol–water partition coefficient (Wildman–Crippen LogP) is 2.01. The first-order valence-corrected chi connectivity index (χ1v) is 9.21. The summed E-state index contributed by atoms with van der Waals surface area (Å²) in [6.07, 6.45) is 4.93. The number of nitrogens with zero attached hydrogens (tertiary/aromatic N) is 3. The number of carbonyl (C=O) groups excluding carboxylic acids is 1. The van der Waals surface area contributed by atoms with Gasteiger partial charge < -0.3 is 14.2 Å². The molecule has 0 radical (unpaired) electrons. The van der Waals surface area contributed by atoms with E-state index in [1.165, 1.54) is 19.4 Å². The van der Waals surface area contributed by atoms with Crippen LogP contribution in [0.4, 0.5) is 0 Å². The summed E-state index contributed by atoms with van der Waals surface area (Å²) in [6.45, 7) is 8.26. The van der Waals surface area contributed by atoms with Crippen LogP contribution in [0.2, 0.25) is 0 Å². The van der Waals surface area contributed by atoms with Crippen LogP contribution in [0.5, 0.6) is 0 Å². The quantitative estimate of drug-likeness (QED) is 0.847. The molecular formula is C18H27N3O3. The van der Waals surface area contributed by atoms with Crippen molar-refractivity contribution < 1.29 is 14.1 Å². The fourth-order valence-electron chi connectivity index (χ4n) is 4.17. The van der Waals surface area contributed by atoms with E-state index in [1.807, 2.05) is 18.7 Å². The Labute approximate surface area is 143 Å². The minimum Gasteiger partial charge on any atom is -0.375 e. The van der Waals surface area contributed by atoms with Gasteiger partial charge in [0, 0.05) is 32.2 Å². The highest BCUT2D eigenvalue weighted by molar-refractivity contribution is 5.96. The van der Waals surface area contributed by atoms with Gasteiger partial charge in [-0.15, -0.1) is 0 Å². The van der Waals surface area contributed by atoms with E-state index >= 15 is 0 Å². The summed E-state index contributed by atoms with van der Waals surface area (Å²) >= 11 is 0. The van der Waals surface area contributed by atoms with E-state index in [1.54, 1.807) is 0 Å². The molecule has 1 aromatic heterocycles. The Morgan fingerprint density at radius 3 is 2.67 bits per heavy atom. The van der Waals surface area contributed by atoms with E-state index in [9.17, 15) is 4.79 Å². The second kappa shape index (κ2) is 6.48. The Hall–Kier alpha value is -1.40. The van der Waals surface area contributed by atoms with Gasteiger partial charge in [-0.2, -0.15) is 0 Å². The van der Waals surface area contributed by atoms with Gasteiger partial charge >= 0.3 is 0 Å². The van der Waals surface area contributed by atoms with Crippen LogP contribution in [0, 0.1) is 19.8 Å². The molecule has 1 aromatic rings. The van der Waals surface area contributed by atoms with E-state index in [-0.39, 0.29) is 12.0 Å². The number of morpholine rings is 1. The second-order valence-electron chi connectivity index (χ2n) is 7.48. The third-order valence-corrected chi connectivity index (χ3v) is 5.71. The summed E-state index contributed by atoms with van der Waals surface area (Å²) in [4.78, 5) is 17.5. The third kappa shape index (κ3) is 3.09. The minimum atomic E-state index is 0.0543. The first kappa shape index (κ1) is 16.1. The molecule has 132 valence electrons. The number of likely N-dealkylation sites (tertiary alicyclic amines) is 1. The molecule has 2 saturated heterocycles. The van der Waals surface area contributed by atoms with Gasteiger partial charge in [-0.3, -0.25) is 9.69 Å². The molecule has 2 aliphatic heterocycles. The summed E-state index contributed by atoms with van der Waals surface area (Å²) < 4.78 is 11.2. The van der Waals surface area contributed by atoms with Crippen LogP contribution in [0.25, 0.3) is 0 Å². The zero-order valence-electron chi connectivity index (χ0n) is 14.7. The molecule has 1 amide bonds. The highest BCUT2D eigenvalue weighted by Gasteiger charge is 2.38. The van der Waals surface area contributed by atoms with E-state index < -0.39 is 0 Å². The standard InChI is InChI=1S/C18H27N3O3/c1-12-17(13(2)24-19-12)18(22)20-7-5-15-16(6-8-20)23-10-9-21(15)11-14-3-4-14/h14-16H,3-11H2,1-2H3/t15-,16-/m1/s1. The summed E-state index contributed by atoms with van der Waals surface area (Å²) in [5, 5.41) is 3.92.